The zero-order valence-electron chi connectivity index (χ0n) is 15.6. The van der Waals surface area contributed by atoms with E-state index in [4.69, 9.17) is 0 Å². The second-order valence-corrected chi connectivity index (χ2v) is 7.03. The zero-order chi connectivity index (χ0) is 19.8. The summed E-state index contributed by atoms with van der Waals surface area (Å²) in [6.45, 7) is 0.882. The molecule has 5 rings (SSSR count). The second-order valence-electron chi connectivity index (χ2n) is 7.03. The maximum Gasteiger partial charge on any atom is 0.278 e. The van der Waals surface area contributed by atoms with Gasteiger partial charge in [-0.1, -0.05) is 47.7 Å². The molecule has 0 radical (unpaired) electrons. The Morgan fingerprint density at radius 1 is 1.07 bits per heavy atom. The molecule has 0 saturated heterocycles. The van der Waals surface area contributed by atoms with Crippen LogP contribution in [0.5, 0.6) is 0 Å². The van der Waals surface area contributed by atoms with Crippen LogP contribution in [0.1, 0.15) is 11.3 Å². The Labute approximate surface area is 165 Å². The number of hydrogen-bond acceptors (Lipinski definition) is 5. The molecule has 144 valence electrons. The highest BCUT2D eigenvalue weighted by Gasteiger charge is 2.26. The summed E-state index contributed by atoms with van der Waals surface area (Å²) in [5.41, 5.74) is 4.16. The fourth-order valence-corrected chi connectivity index (χ4v) is 3.70. The molecule has 1 aliphatic rings. The van der Waals surface area contributed by atoms with Gasteiger partial charge in [0.2, 0.25) is 5.91 Å². The van der Waals surface area contributed by atoms with Crippen molar-refractivity contribution in [3.63, 3.8) is 0 Å². The quantitative estimate of drug-likeness (QED) is 0.579. The van der Waals surface area contributed by atoms with Crippen LogP contribution in [-0.2, 0) is 24.3 Å². The third-order valence-electron chi connectivity index (χ3n) is 5.25. The molecule has 0 aliphatic carbocycles. The number of carbonyl (C=O) groups excluding carboxylic acids is 1. The molecule has 0 atom stereocenters. The molecule has 0 unspecified atom stereocenters. The number of nitrogens with zero attached hydrogens (tertiary/aromatic N) is 5. The molecular formula is C21H18N6O2. The van der Waals surface area contributed by atoms with Gasteiger partial charge in [0.05, 0.1) is 11.1 Å². The van der Waals surface area contributed by atoms with Crippen molar-refractivity contribution in [3.8, 4) is 11.3 Å². The number of benzene rings is 2. The van der Waals surface area contributed by atoms with Crippen LogP contribution >= 0.6 is 0 Å². The lowest BCUT2D eigenvalue weighted by atomic mass is 10.0. The van der Waals surface area contributed by atoms with E-state index in [0.717, 1.165) is 27.2 Å². The summed E-state index contributed by atoms with van der Waals surface area (Å²) in [6.07, 6.45) is 0.694. The minimum Gasteiger partial charge on any atom is -0.336 e. The van der Waals surface area contributed by atoms with Crippen LogP contribution in [0.3, 0.4) is 0 Å². The number of aromatic amines is 1. The Morgan fingerprint density at radius 3 is 2.72 bits per heavy atom. The molecule has 1 amide bonds. The van der Waals surface area contributed by atoms with Crippen molar-refractivity contribution < 1.29 is 4.79 Å². The fraction of sp³-hybridized carbons (Fsp3) is 0.190. The van der Waals surface area contributed by atoms with E-state index < -0.39 is 0 Å². The van der Waals surface area contributed by atoms with Gasteiger partial charge in [0, 0.05) is 36.3 Å². The molecule has 1 aliphatic heterocycles. The monoisotopic (exact) mass is 386 g/mol. The van der Waals surface area contributed by atoms with Crippen LogP contribution in [-0.4, -0.2) is 42.5 Å². The van der Waals surface area contributed by atoms with Crippen LogP contribution in [0, 0.1) is 0 Å². The molecular weight excluding hydrogens is 368 g/mol. The first kappa shape index (κ1) is 17.3. The van der Waals surface area contributed by atoms with E-state index in [9.17, 15) is 9.59 Å². The summed E-state index contributed by atoms with van der Waals surface area (Å²) < 4.78 is 1.13. The van der Waals surface area contributed by atoms with Crippen molar-refractivity contribution >= 4 is 16.8 Å². The van der Waals surface area contributed by atoms with Gasteiger partial charge in [-0.2, -0.15) is 5.10 Å². The molecule has 4 aromatic rings. The molecule has 0 bridgehead atoms. The summed E-state index contributed by atoms with van der Waals surface area (Å²) in [5, 5.41) is 16.0. The normalized spacial score (nSPS) is 13.4. The Kier molecular flexibility index (Phi) is 4.16. The van der Waals surface area contributed by atoms with Crippen molar-refractivity contribution in [1.82, 2.24) is 30.1 Å². The molecule has 1 N–H and O–H groups in total. The third-order valence-corrected chi connectivity index (χ3v) is 5.25. The van der Waals surface area contributed by atoms with E-state index in [1.807, 2.05) is 30.3 Å². The first-order valence-corrected chi connectivity index (χ1v) is 9.42. The number of carbonyl (C=O) groups is 1. The van der Waals surface area contributed by atoms with Crippen molar-refractivity contribution in [1.29, 1.82) is 0 Å². The van der Waals surface area contributed by atoms with Crippen LogP contribution in [0.25, 0.3) is 22.2 Å². The van der Waals surface area contributed by atoms with E-state index in [0.29, 0.717) is 30.4 Å². The van der Waals surface area contributed by atoms with Crippen molar-refractivity contribution in [2.45, 2.75) is 19.5 Å². The minimum atomic E-state index is -0.310. The molecule has 2 aromatic heterocycles. The number of fused-ring (bicyclic) bond motifs is 2. The molecule has 0 spiro atoms. The number of nitrogens with one attached hydrogen (secondary N) is 1. The zero-order valence-corrected chi connectivity index (χ0v) is 15.6. The Hall–Kier alpha value is -3.81. The molecule has 3 heterocycles. The predicted molar refractivity (Wildman–Crippen MR) is 107 cm³/mol. The number of aromatic nitrogens is 5. The smallest absolute Gasteiger partial charge is 0.278 e. The van der Waals surface area contributed by atoms with Gasteiger partial charge in [0.1, 0.15) is 12.1 Å². The summed E-state index contributed by atoms with van der Waals surface area (Å²) in [5.74, 6) is -0.164. The maximum atomic E-state index is 12.9. The molecule has 0 saturated carbocycles. The summed E-state index contributed by atoms with van der Waals surface area (Å²) in [4.78, 5) is 27.3. The lowest BCUT2D eigenvalue weighted by molar-refractivity contribution is -0.133. The highest BCUT2D eigenvalue weighted by molar-refractivity contribution is 5.79. The molecule has 8 nitrogen and oxygen atoms in total. The fourth-order valence-electron chi connectivity index (χ4n) is 3.70. The van der Waals surface area contributed by atoms with E-state index in [-0.39, 0.29) is 18.0 Å². The lowest BCUT2D eigenvalue weighted by Crippen LogP contribution is -2.40. The Bertz CT molecular complexity index is 1260. The topological polar surface area (TPSA) is 96.8 Å². The number of hydrogen-bond donors (Lipinski definition) is 1. The first-order chi connectivity index (χ1) is 14.2. The van der Waals surface area contributed by atoms with Gasteiger partial charge >= 0.3 is 0 Å². The standard InChI is InChI=1S/C21H18N6O2/c28-19(13-27-21(29)15-8-4-5-9-17(15)23-25-27)26-11-10-18-16(12-26)20(24-22-18)14-6-2-1-3-7-14/h1-9H,10-13H2,(H,22,24). The average molecular weight is 386 g/mol. The molecule has 0 fully saturated rings. The molecule has 29 heavy (non-hydrogen) atoms. The van der Waals surface area contributed by atoms with E-state index in [2.05, 4.69) is 20.5 Å². The van der Waals surface area contributed by atoms with E-state index in [1.54, 1.807) is 29.2 Å². The van der Waals surface area contributed by atoms with Gasteiger partial charge in [-0.25, -0.2) is 4.68 Å². The average Bonchev–Trinajstić information content (AvgIpc) is 3.20. The summed E-state index contributed by atoms with van der Waals surface area (Å²) in [6, 6.07) is 16.9. The van der Waals surface area contributed by atoms with Crippen LogP contribution in [0.4, 0.5) is 0 Å². The van der Waals surface area contributed by atoms with Crippen molar-refractivity contribution in [2.24, 2.45) is 0 Å². The largest absolute Gasteiger partial charge is 0.336 e. The first-order valence-electron chi connectivity index (χ1n) is 9.42. The van der Waals surface area contributed by atoms with Gasteiger partial charge in [-0.15, -0.1) is 5.10 Å². The summed E-state index contributed by atoms with van der Waals surface area (Å²) >= 11 is 0. The van der Waals surface area contributed by atoms with E-state index >= 15 is 0 Å². The third kappa shape index (κ3) is 3.08. The SMILES string of the molecule is O=C(Cn1nnc2ccccc2c1=O)N1CCc2[nH]nc(-c3ccccc3)c2C1. The number of rotatable bonds is 3. The van der Waals surface area contributed by atoms with Gasteiger partial charge in [0.25, 0.3) is 5.56 Å². The van der Waals surface area contributed by atoms with Gasteiger partial charge < -0.3 is 4.90 Å². The highest BCUT2D eigenvalue weighted by atomic mass is 16.2. The van der Waals surface area contributed by atoms with Gasteiger partial charge in [0.15, 0.2) is 0 Å². The molecule has 8 heteroatoms. The Balaban J connectivity index is 1.40. The maximum absolute atomic E-state index is 12.9. The number of amides is 1. The number of H-pyrrole nitrogens is 1. The summed E-state index contributed by atoms with van der Waals surface area (Å²) in [7, 11) is 0. The van der Waals surface area contributed by atoms with Crippen molar-refractivity contribution in [2.75, 3.05) is 6.54 Å². The predicted octanol–water partition coefficient (Wildman–Crippen LogP) is 1.77. The van der Waals surface area contributed by atoms with Gasteiger partial charge in [-0.3, -0.25) is 14.7 Å². The van der Waals surface area contributed by atoms with Crippen molar-refractivity contribution in [3.05, 3.63) is 76.2 Å². The van der Waals surface area contributed by atoms with Crippen LogP contribution in [0.2, 0.25) is 0 Å². The van der Waals surface area contributed by atoms with Crippen LogP contribution < -0.4 is 5.56 Å². The minimum absolute atomic E-state index is 0.134. The second kappa shape index (κ2) is 6.97. The van der Waals surface area contributed by atoms with E-state index in [1.165, 1.54) is 0 Å². The molecule has 2 aromatic carbocycles. The van der Waals surface area contributed by atoms with Crippen LogP contribution in [0.15, 0.2) is 59.4 Å². The van der Waals surface area contributed by atoms with Gasteiger partial charge in [-0.05, 0) is 12.1 Å². The Morgan fingerprint density at radius 2 is 1.86 bits per heavy atom. The lowest BCUT2D eigenvalue weighted by Gasteiger charge is -2.27. The highest BCUT2D eigenvalue weighted by Crippen LogP contribution is 2.28.